The lowest BCUT2D eigenvalue weighted by atomic mass is 10.1. The van der Waals surface area contributed by atoms with Crippen LogP contribution in [0, 0.1) is 0 Å². The van der Waals surface area contributed by atoms with E-state index in [0.717, 1.165) is 17.9 Å². The topological polar surface area (TPSA) is 0 Å². The van der Waals surface area contributed by atoms with Crippen molar-refractivity contribution in [3.05, 3.63) is 35.4 Å². The molecule has 0 saturated heterocycles. The van der Waals surface area contributed by atoms with E-state index in [2.05, 4.69) is 6.58 Å². The van der Waals surface area contributed by atoms with Crippen molar-refractivity contribution in [2.45, 2.75) is 19.3 Å². The van der Waals surface area contributed by atoms with Gasteiger partial charge in [0, 0.05) is 5.03 Å². The highest BCUT2D eigenvalue weighted by Crippen LogP contribution is 2.15. The summed E-state index contributed by atoms with van der Waals surface area (Å²) in [6, 6.07) is 0. The van der Waals surface area contributed by atoms with Crippen LogP contribution in [0.25, 0.3) is 0 Å². The Kier molecular flexibility index (Phi) is 2.76. The van der Waals surface area contributed by atoms with Crippen LogP contribution in [0.3, 0.4) is 0 Å². The minimum absolute atomic E-state index is 0.834. The molecule has 0 aromatic carbocycles. The first-order valence-corrected chi connectivity index (χ1v) is 3.88. The van der Waals surface area contributed by atoms with E-state index in [0.29, 0.717) is 0 Å². The van der Waals surface area contributed by atoms with Gasteiger partial charge in [-0.1, -0.05) is 35.9 Å². The molecule has 0 radical (unpaired) electrons. The van der Waals surface area contributed by atoms with Crippen molar-refractivity contribution in [3.8, 4) is 0 Å². The zero-order chi connectivity index (χ0) is 7.40. The van der Waals surface area contributed by atoms with Gasteiger partial charge < -0.3 is 0 Å². The third-order valence-corrected chi connectivity index (χ3v) is 1.80. The maximum atomic E-state index is 5.79. The van der Waals surface area contributed by atoms with Crippen molar-refractivity contribution in [2.75, 3.05) is 0 Å². The van der Waals surface area contributed by atoms with E-state index in [9.17, 15) is 0 Å². The van der Waals surface area contributed by atoms with Gasteiger partial charge in [-0.15, -0.1) is 0 Å². The minimum Gasteiger partial charge on any atom is -0.0958 e. The summed E-state index contributed by atoms with van der Waals surface area (Å²) in [5.41, 5.74) is 1.17. The highest BCUT2D eigenvalue weighted by Gasteiger charge is 1.94. The normalized spacial score (nSPS) is 28.1. The minimum atomic E-state index is 0.834. The summed E-state index contributed by atoms with van der Waals surface area (Å²) in [5.74, 6) is 0. The lowest BCUT2D eigenvalue weighted by Gasteiger charge is -2.01. The Morgan fingerprint density at radius 2 is 2.20 bits per heavy atom. The van der Waals surface area contributed by atoms with Gasteiger partial charge in [0.2, 0.25) is 0 Å². The molecule has 0 saturated carbocycles. The first-order valence-electron chi connectivity index (χ1n) is 3.50. The van der Waals surface area contributed by atoms with Crippen LogP contribution < -0.4 is 0 Å². The predicted molar refractivity (Wildman–Crippen MR) is 46.1 cm³/mol. The van der Waals surface area contributed by atoms with E-state index in [1.165, 1.54) is 12.0 Å². The first-order chi connectivity index (χ1) is 4.79. The summed E-state index contributed by atoms with van der Waals surface area (Å²) in [6.07, 6.45) is 9.27. The fourth-order valence-corrected chi connectivity index (χ4v) is 1.09. The fraction of sp³-hybridized carbons (Fsp3) is 0.333. The highest BCUT2D eigenvalue weighted by molar-refractivity contribution is 6.31. The van der Waals surface area contributed by atoms with Crippen molar-refractivity contribution < 1.29 is 0 Å². The average Bonchev–Trinajstić information content (AvgIpc) is 1.90. The fourth-order valence-electron chi connectivity index (χ4n) is 0.918. The van der Waals surface area contributed by atoms with E-state index in [4.69, 9.17) is 11.6 Å². The summed E-state index contributed by atoms with van der Waals surface area (Å²) < 4.78 is 0. The van der Waals surface area contributed by atoms with E-state index < -0.39 is 0 Å². The van der Waals surface area contributed by atoms with E-state index in [1.54, 1.807) is 0 Å². The van der Waals surface area contributed by atoms with Crippen LogP contribution >= 0.6 is 11.6 Å². The second kappa shape index (κ2) is 3.62. The third-order valence-electron chi connectivity index (χ3n) is 1.52. The Hall–Kier alpha value is -0.490. The lowest BCUT2D eigenvalue weighted by Crippen LogP contribution is -1.81. The monoisotopic (exact) mass is 154 g/mol. The van der Waals surface area contributed by atoms with Crippen LogP contribution in [-0.4, -0.2) is 0 Å². The lowest BCUT2D eigenvalue weighted by molar-refractivity contribution is 0.844. The molecule has 1 rings (SSSR count). The first kappa shape index (κ1) is 7.62. The molecular formula is C9H11Cl. The van der Waals surface area contributed by atoms with Gasteiger partial charge in [-0.25, -0.2) is 0 Å². The van der Waals surface area contributed by atoms with Gasteiger partial charge >= 0.3 is 0 Å². The molecule has 0 atom stereocenters. The summed E-state index contributed by atoms with van der Waals surface area (Å²) in [5, 5.41) is 0.834. The summed E-state index contributed by atoms with van der Waals surface area (Å²) in [6.45, 7) is 3.88. The van der Waals surface area contributed by atoms with E-state index in [1.807, 2.05) is 18.2 Å². The molecule has 0 N–H and O–H groups in total. The van der Waals surface area contributed by atoms with Crippen LogP contribution in [0.5, 0.6) is 0 Å². The molecule has 0 bridgehead atoms. The number of hydrogen-bond donors (Lipinski definition) is 0. The average molecular weight is 155 g/mol. The zero-order valence-electron chi connectivity index (χ0n) is 5.94. The SMILES string of the molecule is C=C1/C=C\C(Cl)=C/CCC1. The van der Waals surface area contributed by atoms with E-state index in [-0.39, 0.29) is 0 Å². The molecule has 1 aliphatic carbocycles. The van der Waals surface area contributed by atoms with Crippen LogP contribution in [0.4, 0.5) is 0 Å². The largest absolute Gasteiger partial charge is 0.0958 e. The summed E-state index contributed by atoms with van der Waals surface area (Å²) >= 11 is 5.79. The van der Waals surface area contributed by atoms with Gasteiger partial charge in [0.05, 0.1) is 0 Å². The van der Waals surface area contributed by atoms with Gasteiger partial charge in [0.15, 0.2) is 0 Å². The maximum absolute atomic E-state index is 5.79. The second-order valence-corrected chi connectivity index (χ2v) is 2.91. The molecule has 10 heavy (non-hydrogen) atoms. The molecule has 0 aromatic rings. The smallest absolute Gasteiger partial charge is 0.0366 e. The predicted octanol–water partition coefficient (Wildman–Crippen LogP) is 3.41. The van der Waals surface area contributed by atoms with Crippen LogP contribution in [-0.2, 0) is 0 Å². The van der Waals surface area contributed by atoms with Crippen LogP contribution in [0.1, 0.15) is 19.3 Å². The van der Waals surface area contributed by atoms with Gasteiger partial charge in [-0.3, -0.25) is 0 Å². The van der Waals surface area contributed by atoms with Gasteiger partial charge in [0.1, 0.15) is 0 Å². The second-order valence-electron chi connectivity index (χ2n) is 2.47. The Bertz CT molecular complexity index is 187. The number of allylic oxidation sites excluding steroid dienone is 5. The zero-order valence-corrected chi connectivity index (χ0v) is 6.69. The standard InChI is InChI=1S/C9H11Cl/c1-8-4-2-3-5-9(10)7-6-8/h5-7H,1-4H2/b7-6-,9-5+. The van der Waals surface area contributed by atoms with Crippen molar-refractivity contribution in [1.82, 2.24) is 0 Å². The molecule has 1 aliphatic rings. The molecule has 54 valence electrons. The summed E-state index contributed by atoms with van der Waals surface area (Å²) in [4.78, 5) is 0. The Morgan fingerprint density at radius 1 is 1.40 bits per heavy atom. The third kappa shape index (κ3) is 2.40. The Morgan fingerprint density at radius 3 is 3.00 bits per heavy atom. The molecule has 0 amide bonds. The van der Waals surface area contributed by atoms with Gasteiger partial charge in [-0.2, -0.15) is 0 Å². The number of halogens is 1. The quantitative estimate of drug-likeness (QED) is 0.502. The number of rotatable bonds is 0. The molecule has 0 aliphatic heterocycles. The van der Waals surface area contributed by atoms with E-state index >= 15 is 0 Å². The Balaban J connectivity index is 2.66. The van der Waals surface area contributed by atoms with Crippen molar-refractivity contribution in [3.63, 3.8) is 0 Å². The number of hydrogen-bond acceptors (Lipinski definition) is 0. The van der Waals surface area contributed by atoms with Crippen LogP contribution in [0.15, 0.2) is 35.4 Å². The highest BCUT2D eigenvalue weighted by atomic mass is 35.5. The molecule has 0 fully saturated rings. The van der Waals surface area contributed by atoms with Crippen LogP contribution in [0.2, 0.25) is 0 Å². The molecular weight excluding hydrogens is 144 g/mol. The molecule has 0 aromatic heterocycles. The Labute approximate surface area is 66.9 Å². The van der Waals surface area contributed by atoms with Crippen molar-refractivity contribution in [2.24, 2.45) is 0 Å². The van der Waals surface area contributed by atoms with Gasteiger partial charge in [0.25, 0.3) is 0 Å². The molecule has 0 unspecified atom stereocenters. The molecule has 0 heterocycles. The van der Waals surface area contributed by atoms with Gasteiger partial charge in [-0.05, 0) is 25.3 Å². The summed E-state index contributed by atoms with van der Waals surface area (Å²) in [7, 11) is 0. The molecule has 0 spiro atoms. The molecule has 0 nitrogen and oxygen atoms in total. The van der Waals surface area contributed by atoms with Crippen molar-refractivity contribution in [1.29, 1.82) is 0 Å². The van der Waals surface area contributed by atoms with Crippen molar-refractivity contribution >= 4 is 11.6 Å². The maximum Gasteiger partial charge on any atom is 0.0366 e. The molecule has 1 heteroatoms.